The van der Waals surface area contributed by atoms with Gasteiger partial charge in [-0.25, -0.2) is 4.98 Å². The molecule has 0 atom stereocenters. The zero-order valence-electron chi connectivity index (χ0n) is 12.4. The summed E-state index contributed by atoms with van der Waals surface area (Å²) in [6.45, 7) is 0. The van der Waals surface area contributed by atoms with Crippen molar-refractivity contribution < 1.29 is 0 Å². The van der Waals surface area contributed by atoms with Gasteiger partial charge in [0.15, 0.2) is 5.84 Å². The maximum absolute atomic E-state index is 6.34. The van der Waals surface area contributed by atoms with Crippen LogP contribution in [0.2, 0.25) is 10.0 Å². The molecule has 0 fully saturated rings. The van der Waals surface area contributed by atoms with Crippen LogP contribution in [0, 0.1) is 0 Å². The minimum Gasteiger partial charge on any atom is -0.289 e. The van der Waals surface area contributed by atoms with E-state index < -0.39 is 0 Å². The van der Waals surface area contributed by atoms with E-state index in [1.807, 2.05) is 66.3 Å². The molecule has 2 aromatic carbocycles. The molecular weight excluding hydrogens is 331 g/mol. The highest BCUT2D eigenvalue weighted by Crippen LogP contribution is 2.20. The van der Waals surface area contributed by atoms with Crippen molar-refractivity contribution in [2.24, 2.45) is 5.10 Å². The summed E-state index contributed by atoms with van der Waals surface area (Å²) in [5.41, 5.74) is 1.74. The number of imidazole rings is 1. The zero-order valence-corrected chi connectivity index (χ0v) is 13.9. The van der Waals surface area contributed by atoms with E-state index in [1.165, 1.54) is 0 Å². The first kappa shape index (κ1) is 15.6. The summed E-state index contributed by atoms with van der Waals surface area (Å²) in [6, 6.07) is 15.1. The highest BCUT2D eigenvalue weighted by Gasteiger charge is 2.12. The number of hydrogen-bond acceptors (Lipinski definition) is 3. The van der Waals surface area contributed by atoms with Gasteiger partial charge < -0.3 is 0 Å². The highest BCUT2D eigenvalue weighted by molar-refractivity contribution is 6.34. The van der Waals surface area contributed by atoms with E-state index in [4.69, 9.17) is 28.3 Å². The fraction of sp³-hybridized carbons (Fsp3) is 0.0588. The van der Waals surface area contributed by atoms with Crippen molar-refractivity contribution in [3.63, 3.8) is 0 Å². The average molecular weight is 345 g/mol. The molecule has 4 nitrogen and oxygen atoms in total. The Morgan fingerprint density at radius 1 is 1.09 bits per heavy atom. The standard InChI is InChI=1S/C17H14Cl2N4/c1-22(14-8-6-13(18)7-9-14)21-17(23-11-10-20-12-23)15-4-2-3-5-16(15)19/h2-12H,1H3. The molecule has 1 heterocycles. The summed E-state index contributed by atoms with van der Waals surface area (Å²) in [6.07, 6.45) is 5.23. The third-order valence-corrected chi connectivity index (χ3v) is 3.89. The monoisotopic (exact) mass is 344 g/mol. The summed E-state index contributed by atoms with van der Waals surface area (Å²) in [7, 11) is 1.87. The van der Waals surface area contributed by atoms with E-state index in [0.717, 1.165) is 11.3 Å². The Morgan fingerprint density at radius 3 is 2.48 bits per heavy atom. The molecule has 3 aromatic rings. The molecule has 3 rings (SSSR count). The second kappa shape index (κ2) is 6.86. The van der Waals surface area contributed by atoms with Gasteiger partial charge in [-0.15, -0.1) is 0 Å². The van der Waals surface area contributed by atoms with E-state index in [0.29, 0.717) is 15.9 Å². The summed E-state index contributed by atoms with van der Waals surface area (Å²) in [4.78, 5) is 4.09. The summed E-state index contributed by atoms with van der Waals surface area (Å²) in [5.74, 6) is 0.686. The van der Waals surface area contributed by atoms with Crippen molar-refractivity contribution in [2.75, 3.05) is 12.1 Å². The van der Waals surface area contributed by atoms with E-state index >= 15 is 0 Å². The molecule has 116 valence electrons. The Bertz CT molecular complexity index is 811. The van der Waals surface area contributed by atoms with Crippen LogP contribution < -0.4 is 5.01 Å². The number of nitrogens with zero attached hydrogens (tertiary/aromatic N) is 4. The van der Waals surface area contributed by atoms with Gasteiger partial charge in [0.1, 0.15) is 6.33 Å². The molecule has 0 aliphatic heterocycles. The third-order valence-electron chi connectivity index (χ3n) is 3.31. The molecule has 23 heavy (non-hydrogen) atoms. The molecule has 0 N–H and O–H groups in total. The van der Waals surface area contributed by atoms with Crippen molar-refractivity contribution in [2.45, 2.75) is 0 Å². The largest absolute Gasteiger partial charge is 0.289 e. The molecule has 6 heteroatoms. The van der Waals surface area contributed by atoms with Gasteiger partial charge in [-0.1, -0.05) is 35.3 Å². The average Bonchev–Trinajstić information content (AvgIpc) is 3.08. The van der Waals surface area contributed by atoms with E-state index in [-0.39, 0.29) is 0 Å². The number of aromatic nitrogens is 2. The molecule has 0 saturated carbocycles. The second-order valence-electron chi connectivity index (χ2n) is 4.87. The topological polar surface area (TPSA) is 33.4 Å². The van der Waals surface area contributed by atoms with Gasteiger partial charge in [0.25, 0.3) is 0 Å². The smallest absolute Gasteiger partial charge is 0.167 e. The van der Waals surface area contributed by atoms with Crippen LogP contribution in [0.4, 0.5) is 5.69 Å². The van der Waals surface area contributed by atoms with Crippen LogP contribution in [0.25, 0.3) is 0 Å². The van der Waals surface area contributed by atoms with Crippen molar-refractivity contribution in [1.82, 2.24) is 9.55 Å². The minimum absolute atomic E-state index is 0.629. The number of rotatable bonds is 3. The summed E-state index contributed by atoms with van der Waals surface area (Å²) in [5, 5.41) is 7.78. The van der Waals surface area contributed by atoms with Gasteiger partial charge in [-0.2, -0.15) is 5.10 Å². The first-order valence-corrected chi connectivity index (χ1v) is 7.72. The van der Waals surface area contributed by atoms with E-state index in [1.54, 1.807) is 17.5 Å². The van der Waals surface area contributed by atoms with Crippen molar-refractivity contribution >= 4 is 34.7 Å². The molecule has 0 bridgehead atoms. The normalized spacial score (nSPS) is 11.5. The number of hydrogen-bond donors (Lipinski definition) is 0. The van der Waals surface area contributed by atoms with Crippen molar-refractivity contribution in [1.29, 1.82) is 0 Å². The number of halogens is 2. The molecule has 0 radical (unpaired) electrons. The zero-order chi connectivity index (χ0) is 16.2. The minimum atomic E-state index is 0.629. The molecular formula is C17H14Cl2N4. The van der Waals surface area contributed by atoms with Crippen molar-refractivity contribution in [3.8, 4) is 0 Å². The number of anilines is 1. The molecule has 0 saturated heterocycles. The molecule has 0 aliphatic rings. The Hall–Kier alpha value is -2.30. The van der Waals surface area contributed by atoms with Crippen LogP contribution in [-0.4, -0.2) is 22.4 Å². The predicted molar refractivity (Wildman–Crippen MR) is 95.5 cm³/mol. The Labute approximate surface area is 144 Å². The third kappa shape index (κ3) is 3.55. The maximum atomic E-state index is 6.34. The Morgan fingerprint density at radius 2 is 1.83 bits per heavy atom. The Kier molecular flexibility index (Phi) is 4.65. The van der Waals surface area contributed by atoms with Gasteiger partial charge in [-0.05, 0) is 36.4 Å². The predicted octanol–water partition coefficient (Wildman–Crippen LogP) is 4.54. The molecule has 0 spiro atoms. The van der Waals surface area contributed by atoms with Gasteiger partial charge in [0.2, 0.25) is 0 Å². The first-order valence-electron chi connectivity index (χ1n) is 6.96. The SMILES string of the molecule is CN(N=C(c1ccccc1Cl)n1ccnc1)c1ccc(Cl)cc1. The van der Waals surface area contributed by atoms with Crippen LogP contribution in [0.1, 0.15) is 5.56 Å². The quantitative estimate of drug-likeness (QED) is 0.397. The van der Waals surface area contributed by atoms with Crippen LogP contribution in [0.5, 0.6) is 0 Å². The maximum Gasteiger partial charge on any atom is 0.167 e. The van der Waals surface area contributed by atoms with Crippen LogP contribution in [0.15, 0.2) is 72.4 Å². The lowest BCUT2D eigenvalue weighted by molar-refractivity contribution is 0.982. The first-order chi connectivity index (χ1) is 11.1. The van der Waals surface area contributed by atoms with Gasteiger partial charge in [0.05, 0.1) is 10.7 Å². The van der Waals surface area contributed by atoms with E-state index in [2.05, 4.69) is 4.98 Å². The summed E-state index contributed by atoms with van der Waals surface area (Å²) >= 11 is 12.3. The summed E-state index contributed by atoms with van der Waals surface area (Å²) < 4.78 is 1.83. The Balaban J connectivity index is 2.05. The van der Waals surface area contributed by atoms with Crippen LogP contribution in [0.3, 0.4) is 0 Å². The van der Waals surface area contributed by atoms with Crippen LogP contribution in [-0.2, 0) is 0 Å². The fourth-order valence-electron chi connectivity index (χ4n) is 2.13. The molecule has 0 unspecified atom stereocenters. The van der Waals surface area contributed by atoms with Crippen molar-refractivity contribution in [3.05, 3.63) is 82.9 Å². The lowest BCUT2D eigenvalue weighted by Crippen LogP contribution is -2.19. The number of benzene rings is 2. The molecule has 1 aromatic heterocycles. The molecule has 0 aliphatic carbocycles. The highest BCUT2D eigenvalue weighted by atomic mass is 35.5. The lowest BCUT2D eigenvalue weighted by atomic mass is 10.2. The van der Waals surface area contributed by atoms with E-state index in [9.17, 15) is 0 Å². The lowest BCUT2D eigenvalue weighted by Gasteiger charge is -2.17. The van der Waals surface area contributed by atoms with Gasteiger partial charge >= 0.3 is 0 Å². The van der Waals surface area contributed by atoms with Crippen LogP contribution >= 0.6 is 23.2 Å². The van der Waals surface area contributed by atoms with Gasteiger partial charge in [-0.3, -0.25) is 9.58 Å². The fourth-order valence-corrected chi connectivity index (χ4v) is 2.47. The molecule has 0 amide bonds. The number of hydrazone groups is 1. The van der Waals surface area contributed by atoms with Gasteiger partial charge in [0, 0.05) is 30.0 Å². The second-order valence-corrected chi connectivity index (χ2v) is 5.72.